The van der Waals surface area contributed by atoms with Gasteiger partial charge in [-0.25, -0.2) is 0 Å². The van der Waals surface area contributed by atoms with Crippen LogP contribution in [0.3, 0.4) is 0 Å². The maximum absolute atomic E-state index is 5.99. The van der Waals surface area contributed by atoms with Crippen molar-refractivity contribution in [1.29, 1.82) is 0 Å². The first-order valence-electron chi connectivity index (χ1n) is 6.00. The fraction of sp³-hybridized carbons (Fsp3) is 0.154. The largest absolute Gasteiger partial charge is 0.496 e. The average molecular weight is 325 g/mol. The van der Waals surface area contributed by atoms with Gasteiger partial charge in [-0.05, 0) is 18.2 Å². The molecule has 2 aromatic heterocycles. The van der Waals surface area contributed by atoms with Gasteiger partial charge >= 0.3 is 0 Å². The summed E-state index contributed by atoms with van der Waals surface area (Å²) in [6.45, 7) is 0.336. The SMILES string of the molecule is COc1ccc(Cl)cc1-c1noc(Cn2cc(Cl)cn2)n1. The van der Waals surface area contributed by atoms with E-state index in [-0.39, 0.29) is 0 Å². The Morgan fingerprint density at radius 2 is 2.14 bits per heavy atom. The molecule has 0 unspecified atom stereocenters. The van der Waals surface area contributed by atoms with Gasteiger partial charge in [-0.1, -0.05) is 28.4 Å². The molecule has 0 radical (unpaired) electrons. The van der Waals surface area contributed by atoms with Crippen molar-refractivity contribution in [1.82, 2.24) is 19.9 Å². The molecule has 0 N–H and O–H groups in total. The Morgan fingerprint density at radius 3 is 2.86 bits per heavy atom. The second-order valence-corrected chi connectivity index (χ2v) is 5.09. The highest BCUT2D eigenvalue weighted by Crippen LogP contribution is 2.30. The third-order valence-corrected chi connectivity index (χ3v) is 3.20. The monoisotopic (exact) mass is 324 g/mol. The van der Waals surface area contributed by atoms with E-state index in [1.807, 2.05) is 0 Å². The highest BCUT2D eigenvalue weighted by molar-refractivity contribution is 6.31. The molecule has 0 saturated heterocycles. The average Bonchev–Trinajstić information content (AvgIpc) is 3.08. The Labute approximate surface area is 130 Å². The molecule has 2 heterocycles. The summed E-state index contributed by atoms with van der Waals surface area (Å²) >= 11 is 11.8. The van der Waals surface area contributed by atoms with Gasteiger partial charge in [0, 0.05) is 11.2 Å². The van der Waals surface area contributed by atoms with Crippen molar-refractivity contribution in [2.75, 3.05) is 7.11 Å². The van der Waals surface area contributed by atoms with Crippen LogP contribution in [0, 0.1) is 0 Å². The standard InChI is InChI=1S/C13H10Cl2N4O2/c1-20-11-3-2-8(14)4-10(11)13-17-12(21-18-13)7-19-6-9(15)5-16-19/h2-6H,7H2,1H3. The van der Waals surface area contributed by atoms with E-state index >= 15 is 0 Å². The van der Waals surface area contributed by atoms with Crippen LogP contribution >= 0.6 is 23.2 Å². The van der Waals surface area contributed by atoms with Crippen molar-refractivity contribution in [3.8, 4) is 17.1 Å². The molecule has 3 aromatic rings. The Hall–Kier alpha value is -2.05. The second kappa shape index (κ2) is 5.75. The normalized spacial score (nSPS) is 10.8. The lowest BCUT2D eigenvalue weighted by Gasteiger charge is -2.04. The Kier molecular flexibility index (Phi) is 3.81. The van der Waals surface area contributed by atoms with Crippen molar-refractivity contribution in [2.24, 2.45) is 0 Å². The molecule has 108 valence electrons. The fourth-order valence-corrected chi connectivity index (χ4v) is 2.18. The second-order valence-electron chi connectivity index (χ2n) is 4.21. The van der Waals surface area contributed by atoms with E-state index in [0.29, 0.717) is 39.6 Å². The summed E-state index contributed by atoms with van der Waals surface area (Å²) in [6.07, 6.45) is 3.21. The molecule has 0 aliphatic rings. The maximum Gasteiger partial charge on any atom is 0.248 e. The lowest BCUT2D eigenvalue weighted by Crippen LogP contribution is -2.00. The summed E-state index contributed by atoms with van der Waals surface area (Å²) in [6, 6.07) is 5.21. The topological polar surface area (TPSA) is 66.0 Å². The summed E-state index contributed by atoms with van der Waals surface area (Å²) in [5, 5.41) is 9.11. The van der Waals surface area contributed by atoms with E-state index < -0.39 is 0 Å². The number of ether oxygens (including phenoxy) is 1. The Bertz CT molecular complexity index is 769. The zero-order chi connectivity index (χ0) is 14.8. The van der Waals surface area contributed by atoms with E-state index in [4.69, 9.17) is 32.5 Å². The maximum atomic E-state index is 5.99. The molecule has 0 aliphatic heterocycles. The molecule has 3 rings (SSSR count). The quantitative estimate of drug-likeness (QED) is 0.736. The van der Waals surface area contributed by atoms with Crippen LogP contribution in [-0.2, 0) is 6.54 Å². The van der Waals surface area contributed by atoms with Gasteiger partial charge in [0.05, 0.1) is 23.9 Å². The van der Waals surface area contributed by atoms with Crippen LogP contribution in [0.15, 0.2) is 35.1 Å². The van der Waals surface area contributed by atoms with E-state index in [1.54, 1.807) is 42.4 Å². The summed E-state index contributed by atoms with van der Waals surface area (Å²) in [5.74, 6) is 1.43. The van der Waals surface area contributed by atoms with E-state index in [9.17, 15) is 0 Å². The van der Waals surface area contributed by atoms with Gasteiger partial charge in [-0.15, -0.1) is 0 Å². The predicted octanol–water partition coefficient (Wildman–Crippen LogP) is 3.30. The summed E-state index contributed by atoms with van der Waals surface area (Å²) in [7, 11) is 1.57. The molecule has 0 aliphatic carbocycles. The van der Waals surface area contributed by atoms with Crippen LogP contribution in [-0.4, -0.2) is 27.0 Å². The van der Waals surface area contributed by atoms with Gasteiger partial charge in [0.2, 0.25) is 11.7 Å². The van der Waals surface area contributed by atoms with Crippen molar-refractivity contribution in [3.05, 3.63) is 46.5 Å². The van der Waals surface area contributed by atoms with Gasteiger partial charge < -0.3 is 9.26 Å². The first-order valence-corrected chi connectivity index (χ1v) is 6.76. The number of aromatic nitrogens is 4. The number of benzene rings is 1. The number of nitrogens with zero attached hydrogens (tertiary/aromatic N) is 4. The third-order valence-electron chi connectivity index (χ3n) is 2.77. The van der Waals surface area contributed by atoms with Crippen LogP contribution in [0.1, 0.15) is 5.89 Å². The van der Waals surface area contributed by atoms with Gasteiger partial charge in [-0.3, -0.25) is 4.68 Å². The summed E-state index contributed by atoms with van der Waals surface area (Å²) in [4.78, 5) is 4.31. The highest BCUT2D eigenvalue weighted by atomic mass is 35.5. The number of hydrogen-bond donors (Lipinski definition) is 0. The molecule has 0 fully saturated rings. The number of halogens is 2. The lowest BCUT2D eigenvalue weighted by molar-refractivity contribution is 0.365. The van der Waals surface area contributed by atoms with Gasteiger partial charge in [0.1, 0.15) is 12.3 Å². The number of hydrogen-bond acceptors (Lipinski definition) is 5. The molecule has 1 aromatic carbocycles. The van der Waals surface area contributed by atoms with Crippen molar-refractivity contribution < 1.29 is 9.26 Å². The molecule has 0 bridgehead atoms. The highest BCUT2D eigenvalue weighted by Gasteiger charge is 2.14. The summed E-state index contributed by atoms with van der Waals surface area (Å²) < 4.78 is 12.1. The van der Waals surface area contributed by atoms with Crippen molar-refractivity contribution in [2.45, 2.75) is 6.54 Å². The van der Waals surface area contributed by atoms with Crippen LogP contribution in [0.5, 0.6) is 5.75 Å². The third kappa shape index (κ3) is 3.01. The zero-order valence-corrected chi connectivity index (χ0v) is 12.5. The van der Waals surface area contributed by atoms with E-state index in [1.165, 1.54) is 0 Å². The zero-order valence-electron chi connectivity index (χ0n) is 11.0. The molecular weight excluding hydrogens is 315 g/mol. The first-order chi connectivity index (χ1) is 10.2. The molecule has 6 nitrogen and oxygen atoms in total. The minimum atomic E-state index is 0.336. The van der Waals surface area contributed by atoms with Gasteiger partial charge in [-0.2, -0.15) is 10.1 Å². The molecule has 0 saturated carbocycles. The van der Waals surface area contributed by atoms with Crippen molar-refractivity contribution in [3.63, 3.8) is 0 Å². The number of methoxy groups -OCH3 is 1. The minimum Gasteiger partial charge on any atom is -0.496 e. The molecule has 21 heavy (non-hydrogen) atoms. The van der Waals surface area contributed by atoms with E-state index in [2.05, 4.69) is 15.2 Å². The van der Waals surface area contributed by atoms with Crippen LogP contribution in [0.25, 0.3) is 11.4 Å². The molecule has 0 amide bonds. The first kappa shape index (κ1) is 13.9. The molecule has 8 heteroatoms. The summed E-state index contributed by atoms with van der Waals surface area (Å²) in [5.41, 5.74) is 0.665. The molecule has 0 spiro atoms. The van der Waals surface area contributed by atoms with Crippen LogP contribution < -0.4 is 4.74 Å². The van der Waals surface area contributed by atoms with Gasteiger partial charge in [0.25, 0.3) is 0 Å². The van der Waals surface area contributed by atoms with Crippen molar-refractivity contribution >= 4 is 23.2 Å². The van der Waals surface area contributed by atoms with E-state index in [0.717, 1.165) is 0 Å². The molecular formula is C13H10Cl2N4O2. The minimum absolute atomic E-state index is 0.336. The smallest absolute Gasteiger partial charge is 0.248 e. The van der Waals surface area contributed by atoms with Gasteiger partial charge in [0.15, 0.2) is 0 Å². The Balaban J connectivity index is 1.89. The fourth-order valence-electron chi connectivity index (χ4n) is 1.85. The Morgan fingerprint density at radius 1 is 1.29 bits per heavy atom. The van der Waals surface area contributed by atoms with Crippen LogP contribution in [0.2, 0.25) is 10.0 Å². The van der Waals surface area contributed by atoms with Crippen LogP contribution in [0.4, 0.5) is 0 Å². The lowest BCUT2D eigenvalue weighted by atomic mass is 10.2. The number of rotatable bonds is 4. The molecule has 0 atom stereocenters. The predicted molar refractivity (Wildman–Crippen MR) is 77.6 cm³/mol.